The highest BCUT2D eigenvalue weighted by Gasteiger charge is 2.03. The van der Waals surface area contributed by atoms with Crippen LogP contribution < -0.4 is 9.47 Å². The van der Waals surface area contributed by atoms with Gasteiger partial charge in [0.2, 0.25) is 8.77 Å². The molecule has 0 saturated carbocycles. The van der Waals surface area contributed by atoms with Gasteiger partial charge in [0.05, 0.1) is 0 Å². The first kappa shape index (κ1) is 28.3. The Bertz CT molecular complexity index is 917. The molecule has 2 nitrogen and oxygen atoms in total. The molecular formula is C26H22O2S6. The Morgan fingerprint density at radius 3 is 1.03 bits per heavy atom. The van der Waals surface area contributed by atoms with Gasteiger partial charge in [-0.15, -0.1) is 23.3 Å². The van der Waals surface area contributed by atoms with Gasteiger partial charge in [-0.1, -0.05) is 72.8 Å². The SMILES string of the molecule is S=C(Oc1ccccc1)Sc1ccccc1.S=C(Oc1ccccc1)Sc1ccccc1.SS. The van der Waals surface area contributed by atoms with Gasteiger partial charge in [0.1, 0.15) is 11.5 Å². The monoisotopic (exact) mass is 558 g/mol. The number of thioether (sulfide) groups is 2. The first-order valence-electron chi connectivity index (χ1n) is 9.88. The first-order chi connectivity index (χ1) is 16.7. The van der Waals surface area contributed by atoms with E-state index in [9.17, 15) is 0 Å². The van der Waals surface area contributed by atoms with E-state index in [1.807, 2.05) is 121 Å². The summed E-state index contributed by atoms with van der Waals surface area (Å²) in [6, 6.07) is 39.0. The molecule has 0 saturated heterocycles. The molecule has 0 bridgehead atoms. The Hall–Kier alpha value is -1.94. The van der Waals surface area contributed by atoms with Gasteiger partial charge < -0.3 is 9.47 Å². The molecule has 4 aromatic carbocycles. The minimum atomic E-state index is 0.511. The van der Waals surface area contributed by atoms with Crippen LogP contribution in [0.3, 0.4) is 0 Å². The van der Waals surface area contributed by atoms with Crippen molar-refractivity contribution in [2.75, 3.05) is 0 Å². The number of thiol groups is 2. The van der Waals surface area contributed by atoms with Crippen LogP contribution in [0.15, 0.2) is 131 Å². The lowest BCUT2D eigenvalue weighted by Gasteiger charge is -2.05. The average Bonchev–Trinajstić information content (AvgIpc) is 2.88. The van der Waals surface area contributed by atoms with Crippen LogP contribution in [0.1, 0.15) is 0 Å². The molecule has 0 radical (unpaired) electrons. The largest absolute Gasteiger partial charge is 0.439 e. The molecular weight excluding hydrogens is 537 g/mol. The highest BCUT2D eigenvalue weighted by atomic mass is 33.1. The van der Waals surface area contributed by atoms with Gasteiger partial charge in [-0.3, -0.25) is 0 Å². The van der Waals surface area contributed by atoms with Crippen LogP contribution in [-0.4, -0.2) is 8.77 Å². The summed E-state index contributed by atoms with van der Waals surface area (Å²) >= 11 is 19.7. The number of rotatable bonds is 4. The molecule has 0 amide bonds. The lowest BCUT2D eigenvalue weighted by Crippen LogP contribution is -1.99. The van der Waals surface area contributed by atoms with Crippen molar-refractivity contribution in [2.24, 2.45) is 0 Å². The van der Waals surface area contributed by atoms with Crippen LogP contribution in [0.2, 0.25) is 0 Å². The van der Waals surface area contributed by atoms with Gasteiger partial charge >= 0.3 is 0 Å². The number of hydrogen-bond acceptors (Lipinski definition) is 8. The number of para-hydroxylation sites is 2. The maximum Gasteiger partial charge on any atom is 0.230 e. The molecule has 0 aliphatic rings. The van der Waals surface area contributed by atoms with E-state index in [0.29, 0.717) is 8.77 Å². The van der Waals surface area contributed by atoms with Crippen LogP contribution in [-0.2, 0) is 0 Å². The van der Waals surface area contributed by atoms with Crippen molar-refractivity contribution in [2.45, 2.75) is 9.79 Å². The second-order valence-corrected chi connectivity index (χ2v) is 9.51. The second kappa shape index (κ2) is 17.5. The normalized spacial score (nSPS) is 9.35. The predicted molar refractivity (Wildman–Crippen MR) is 162 cm³/mol. The summed E-state index contributed by atoms with van der Waals surface area (Å²) in [6.45, 7) is 0. The summed E-state index contributed by atoms with van der Waals surface area (Å²) in [5.41, 5.74) is 0. The fourth-order valence-corrected chi connectivity index (χ4v) is 4.40. The van der Waals surface area contributed by atoms with Gasteiger partial charge in [0.15, 0.2) is 0 Å². The highest BCUT2D eigenvalue weighted by Crippen LogP contribution is 2.22. The van der Waals surface area contributed by atoms with Crippen LogP contribution in [0.4, 0.5) is 0 Å². The van der Waals surface area contributed by atoms with Crippen molar-refractivity contribution in [1.29, 1.82) is 0 Å². The fraction of sp³-hybridized carbons (Fsp3) is 0. The lowest BCUT2D eigenvalue weighted by molar-refractivity contribution is 0.579. The Morgan fingerprint density at radius 2 is 0.735 bits per heavy atom. The third kappa shape index (κ3) is 12.0. The quantitative estimate of drug-likeness (QED) is 0.112. The minimum Gasteiger partial charge on any atom is -0.439 e. The van der Waals surface area contributed by atoms with E-state index in [2.05, 4.69) is 23.3 Å². The Balaban J connectivity index is 0.000000224. The fourth-order valence-electron chi connectivity index (χ4n) is 2.38. The average molecular weight is 559 g/mol. The molecule has 4 aromatic rings. The van der Waals surface area contributed by atoms with Crippen molar-refractivity contribution in [3.8, 4) is 11.5 Å². The zero-order valence-electron chi connectivity index (χ0n) is 17.9. The number of benzene rings is 4. The summed E-state index contributed by atoms with van der Waals surface area (Å²) in [7, 11) is 0. The Kier molecular flexibility index (Phi) is 14.6. The minimum absolute atomic E-state index is 0.511. The van der Waals surface area contributed by atoms with Gasteiger partial charge in [-0.25, -0.2) is 0 Å². The molecule has 0 heterocycles. The third-order valence-corrected chi connectivity index (χ3v) is 5.96. The van der Waals surface area contributed by atoms with Crippen LogP contribution in [0.25, 0.3) is 0 Å². The third-order valence-electron chi connectivity index (χ3n) is 3.78. The molecule has 8 heteroatoms. The molecule has 0 fully saturated rings. The molecule has 0 unspecified atom stereocenters. The van der Waals surface area contributed by atoms with Gasteiger partial charge in [0, 0.05) is 9.79 Å². The lowest BCUT2D eigenvalue weighted by atomic mass is 10.3. The zero-order chi connectivity index (χ0) is 24.4. The van der Waals surface area contributed by atoms with E-state index in [0.717, 1.165) is 21.3 Å². The molecule has 0 aliphatic carbocycles. The van der Waals surface area contributed by atoms with E-state index in [1.54, 1.807) is 0 Å². The highest BCUT2D eigenvalue weighted by molar-refractivity contribution is 8.59. The van der Waals surface area contributed by atoms with Crippen LogP contribution in [0.5, 0.6) is 11.5 Å². The number of hydrogen-bond donors (Lipinski definition) is 2. The maximum absolute atomic E-state index is 5.51. The van der Waals surface area contributed by atoms with Gasteiger partial charge in [0.25, 0.3) is 0 Å². The smallest absolute Gasteiger partial charge is 0.230 e. The number of ether oxygens (including phenoxy) is 2. The van der Waals surface area contributed by atoms with Crippen molar-refractivity contribution in [3.63, 3.8) is 0 Å². The Labute approximate surface area is 230 Å². The standard InChI is InChI=1S/2C13H10OS2.H2S2/c2*15-13(14-11-7-3-1-4-8-11)16-12-9-5-2-6-10-12;1-2/h2*1-10H;1-2H. The summed E-state index contributed by atoms with van der Waals surface area (Å²) in [5, 5.41) is 0. The predicted octanol–water partition coefficient (Wildman–Crippen LogP) is 9.05. The van der Waals surface area contributed by atoms with Gasteiger partial charge in [-0.05, 0) is 96.5 Å². The van der Waals surface area contributed by atoms with Crippen molar-refractivity contribution in [3.05, 3.63) is 121 Å². The topological polar surface area (TPSA) is 18.5 Å². The van der Waals surface area contributed by atoms with E-state index in [1.165, 1.54) is 23.5 Å². The second-order valence-electron chi connectivity index (χ2n) is 6.16. The molecule has 4 rings (SSSR count). The molecule has 0 spiro atoms. The van der Waals surface area contributed by atoms with Crippen LogP contribution >= 0.6 is 71.3 Å². The zero-order valence-corrected chi connectivity index (χ0v) is 22.9. The van der Waals surface area contributed by atoms with E-state index in [-0.39, 0.29) is 0 Å². The Morgan fingerprint density at radius 1 is 0.471 bits per heavy atom. The van der Waals surface area contributed by atoms with Crippen molar-refractivity contribution < 1.29 is 9.47 Å². The van der Waals surface area contributed by atoms with Gasteiger partial charge in [-0.2, -0.15) is 0 Å². The summed E-state index contributed by atoms with van der Waals surface area (Å²) in [5.74, 6) is 1.55. The van der Waals surface area contributed by atoms with Crippen molar-refractivity contribution >= 4 is 80.0 Å². The van der Waals surface area contributed by atoms with E-state index in [4.69, 9.17) is 33.9 Å². The van der Waals surface area contributed by atoms with Crippen molar-refractivity contribution in [1.82, 2.24) is 0 Å². The van der Waals surface area contributed by atoms with E-state index < -0.39 is 0 Å². The molecule has 0 atom stereocenters. The molecule has 0 aromatic heterocycles. The summed E-state index contributed by atoms with van der Waals surface area (Å²) in [6.07, 6.45) is 0. The molecule has 174 valence electrons. The molecule has 0 N–H and O–H groups in total. The number of thiocarbonyl (C=S) groups is 2. The maximum atomic E-state index is 5.51. The molecule has 0 aliphatic heterocycles. The molecule has 34 heavy (non-hydrogen) atoms. The first-order valence-corrected chi connectivity index (χ1v) is 13.9. The summed E-state index contributed by atoms with van der Waals surface area (Å²) in [4.78, 5) is 2.17. The van der Waals surface area contributed by atoms with E-state index >= 15 is 0 Å². The summed E-state index contributed by atoms with van der Waals surface area (Å²) < 4.78 is 12.0. The van der Waals surface area contributed by atoms with Crippen LogP contribution in [0, 0.1) is 0 Å².